The summed E-state index contributed by atoms with van der Waals surface area (Å²) in [6.07, 6.45) is 2.78. The number of amides is 4. The lowest BCUT2D eigenvalue weighted by molar-refractivity contribution is -0.121. The zero-order valence-electron chi connectivity index (χ0n) is 15.7. The maximum Gasteiger partial charge on any atom is 0.407 e. The number of nitrogens with one attached hydrogen (secondary N) is 4. The minimum Gasteiger partial charge on any atom is -0.444 e. The highest BCUT2D eigenvalue weighted by Gasteiger charge is 2.42. The van der Waals surface area contributed by atoms with Crippen LogP contribution in [0.1, 0.15) is 46.5 Å². The summed E-state index contributed by atoms with van der Waals surface area (Å²) < 4.78 is 5.11. The number of fused-ring (bicyclic) bond motifs is 1. The summed E-state index contributed by atoms with van der Waals surface area (Å²) in [6.45, 7) is 6.13. The number of carbonyl (C=O) groups is 3. The van der Waals surface area contributed by atoms with Gasteiger partial charge in [-0.2, -0.15) is 11.8 Å². The molecule has 0 aromatic carbocycles. The van der Waals surface area contributed by atoms with Crippen LogP contribution in [0.3, 0.4) is 0 Å². The molecule has 2 rings (SSSR count). The van der Waals surface area contributed by atoms with E-state index in [0.29, 0.717) is 24.8 Å². The van der Waals surface area contributed by atoms with Gasteiger partial charge >= 0.3 is 12.1 Å². The first kappa shape index (κ1) is 20.7. The van der Waals surface area contributed by atoms with Gasteiger partial charge in [-0.3, -0.25) is 4.79 Å². The van der Waals surface area contributed by atoms with Crippen molar-refractivity contribution in [3.05, 3.63) is 0 Å². The van der Waals surface area contributed by atoms with Crippen molar-refractivity contribution >= 4 is 29.8 Å². The topological polar surface area (TPSA) is 109 Å². The zero-order valence-corrected chi connectivity index (χ0v) is 16.5. The van der Waals surface area contributed by atoms with Crippen LogP contribution >= 0.6 is 11.8 Å². The molecule has 2 aliphatic heterocycles. The van der Waals surface area contributed by atoms with Gasteiger partial charge in [-0.05, 0) is 33.6 Å². The summed E-state index contributed by atoms with van der Waals surface area (Å²) >= 11 is 1.89. The Kier molecular flexibility index (Phi) is 7.43. The predicted octanol–water partition coefficient (Wildman–Crippen LogP) is 1.35. The van der Waals surface area contributed by atoms with E-state index in [2.05, 4.69) is 21.3 Å². The van der Waals surface area contributed by atoms with Crippen LogP contribution in [0.25, 0.3) is 0 Å². The second kappa shape index (κ2) is 9.34. The van der Waals surface area contributed by atoms with Gasteiger partial charge in [0.25, 0.3) is 0 Å². The van der Waals surface area contributed by atoms with Crippen LogP contribution in [0, 0.1) is 0 Å². The Morgan fingerprint density at radius 2 is 1.92 bits per heavy atom. The van der Waals surface area contributed by atoms with Gasteiger partial charge in [-0.25, -0.2) is 9.59 Å². The molecule has 9 heteroatoms. The molecule has 26 heavy (non-hydrogen) atoms. The molecule has 0 bridgehead atoms. The van der Waals surface area contributed by atoms with Crippen LogP contribution in [0.2, 0.25) is 0 Å². The molecule has 4 amide bonds. The fraction of sp³-hybridized carbons (Fsp3) is 0.824. The molecule has 0 aliphatic carbocycles. The summed E-state index contributed by atoms with van der Waals surface area (Å²) in [5, 5.41) is 11.7. The van der Waals surface area contributed by atoms with E-state index in [1.165, 1.54) is 0 Å². The summed E-state index contributed by atoms with van der Waals surface area (Å²) in [5.41, 5.74) is -0.525. The normalized spacial score (nSPS) is 24.4. The molecular formula is C17H30N4O4S. The highest BCUT2D eigenvalue weighted by atomic mass is 32.2. The fourth-order valence-electron chi connectivity index (χ4n) is 3.04. The molecule has 0 saturated carbocycles. The third kappa shape index (κ3) is 6.93. The highest BCUT2D eigenvalue weighted by Crippen LogP contribution is 2.33. The lowest BCUT2D eigenvalue weighted by atomic mass is 10.0. The lowest BCUT2D eigenvalue weighted by Gasteiger charge is -2.19. The number of rotatable bonds is 8. The highest BCUT2D eigenvalue weighted by molar-refractivity contribution is 8.00. The van der Waals surface area contributed by atoms with Crippen LogP contribution in [-0.4, -0.2) is 59.8 Å². The number of carbonyl (C=O) groups excluding carboxylic acids is 3. The molecule has 0 unspecified atom stereocenters. The quantitative estimate of drug-likeness (QED) is 0.372. The van der Waals surface area contributed by atoms with Crippen molar-refractivity contribution in [2.24, 2.45) is 0 Å². The number of thioether (sulfide) groups is 1. The average Bonchev–Trinajstić information content (AvgIpc) is 3.06. The second-order valence-electron chi connectivity index (χ2n) is 7.65. The molecular weight excluding hydrogens is 356 g/mol. The Morgan fingerprint density at radius 1 is 1.19 bits per heavy atom. The maximum atomic E-state index is 11.8. The molecule has 148 valence electrons. The van der Waals surface area contributed by atoms with E-state index in [9.17, 15) is 14.4 Å². The average molecular weight is 387 g/mol. The Hall–Kier alpha value is -1.64. The van der Waals surface area contributed by atoms with E-state index in [1.807, 2.05) is 11.8 Å². The molecule has 2 saturated heterocycles. The van der Waals surface area contributed by atoms with Gasteiger partial charge in [0.05, 0.1) is 12.1 Å². The summed E-state index contributed by atoms with van der Waals surface area (Å²) in [6, 6.07) is 0.406. The third-order valence-corrected chi connectivity index (χ3v) is 5.70. The second-order valence-corrected chi connectivity index (χ2v) is 8.92. The molecule has 8 nitrogen and oxygen atoms in total. The summed E-state index contributed by atoms with van der Waals surface area (Å²) in [4.78, 5) is 34.6. The smallest absolute Gasteiger partial charge is 0.407 e. The van der Waals surface area contributed by atoms with Gasteiger partial charge in [0.1, 0.15) is 5.60 Å². The van der Waals surface area contributed by atoms with E-state index in [1.54, 1.807) is 20.8 Å². The lowest BCUT2D eigenvalue weighted by Crippen LogP contribution is -2.37. The zero-order chi connectivity index (χ0) is 19.2. The van der Waals surface area contributed by atoms with Gasteiger partial charge in [0, 0.05) is 30.5 Å². The van der Waals surface area contributed by atoms with Crippen LogP contribution in [0.5, 0.6) is 0 Å². The SMILES string of the molecule is CC(C)(C)OC(=O)NCCNC(=O)CCCC[C@@H]1SC[C@H]2NC(=O)N[C@@H]12. The Morgan fingerprint density at radius 3 is 2.65 bits per heavy atom. The van der Waals surface area contributed by atoms with Crippen molar-refractivity contribution in [3.63, 3.8) is 0 Å². The van der Waals surface area contributed by atoms with Crippen molar-refractivity contribution in [2.45, 2.75) is 69.4 Å². The monoisotopic (exact) mass is 386 g/mol. The molecule has 2 heterocycles. The Labute approximate surface area is 158 Å². The number of unbranched alkanes of at least 4 members (excludes halogenated alkanes) is 1. The first-order valence-corrected chi connectivity index (χ1v) is 10.2. The molecule has 3 atom stereocenters. The van der Waals surface area contributed by atoms with Crippen molar-refractivity contribution in [1.29, 1.82) is 0 Å². The Balaban J connectivity index is 1.48. The van der Waals surface area contributed by atoms with Crippen LogP contribution in [-0.2, 0) is 9.53 Å². The molecule has 0 aromatic heterocycles. The van der Waals surface area contributed by atoms with Crippen LogP contribution in [0.4, 0.5) is 9.59 Å². The summed E-state index contributed by atoms with van der Waals surface area (Å²) in [7, 11) is 0. The van der Waals surface area contributed by atoms with Crippen LogP contribution in [0.15, 0.2) is 0 Å². The standard InChI is InChI=1S/C17H30N4O4S/c1-17(2,3)25-16(24)19-9-8-18-13(22)7-5-4-6-12-14-11(10-26-12)20-15(23)21-14/h11-12,14H,4-10H2,1-3H3,(H,18,22)(H,19,24)(H2,20,21,23)/t11-,12+,14-/m1/s1. The molecule has 2 fully saturated rings. The van der Waals surface area contributed by atoms with E-state index in [4.69, 9.17) is 4.74 Å². The van der Waals surface area contributed by atoms with Gasteiger partial charge in [0.15, 0.2) is 0 Å². The van der Waals surface area contributed by atoms with Crippen molar-refractivity contribution in [2.75, 3.05) is 18.8 Å². The third-order valence-electron chi connectivity index (χ3n) is 4.20. The first-order chi connectivity index (χ1) is 12.2. The van der Waals surface area contributed by atoms with E-state index >= 15 is 0 Å². The van der Waals surface area contributed by atoms with Gasteiger partial charge in [-0.1, -0.05) is 6.42 Å². The molecule has 2 aliphatic rings. The molecule has 4 N–H and O–H groups in total. The number of hydrogen-bond acceptors (Lipinski definition) is 5. The molecule has 0 spiro atoms. The van der Waals surface area contributed by atoms with Crippen molar-refractivity contribution in [3.8, 4) is 0 Å². The van der Waals surface area contributed by atoms with Crippen molar-refractivity contribution in [1.82, 2.24) is 21.3 Å². The van der Waals surface area contributed by atoms with Gasteiger partial charge in [-0.15, -0.1) is 0 Å². The van der Waals surface area contributed by atoms with E-state index < -0.39 is 11.7 Å². The minimum absolute atomic E-state index is 0.0104. The Bertz CT molecular complexity index is 523. The summed E-state index contributed by atoms with van der Waals surface area (Å²) in [5.74, 6) is 0.947. The molecule has 0 aromatic rings. The largest absolute Gasteiger partial charge is 0.444 e. The number of hydrogen-bond donors (Lipinski definition) is 4. The van der Waals surface area contributed by atoms with Gasteiger partial charge < -0.3 is 26.0 Å². The van der Waals surface area contributed by atoms with E-state index in [-0.39, 0.29) is 24.0 Å². The van der Waals surface area contributed by atoms with E-state index in [0.717, 1.165) is 25.0 Å². The fourth-order valence-corrected chi connectivity index (χ4v) is 4.59. The van der Waals surface area contributed by atoms with Crippen molar-refractivity contribution < 1.29 is 19.1 Å². The molecule has 0 radical (unpaired) electrons. The number of alkyl carbamates (subject to hydrolysis) is 1. The van der Waals surface area contributed by atoms with Crippen LogP contribution < -0.4 is 21.3 Å². The number of urea groups is 1. The minimum atomic E-state index is -0.525. The first-order valence-electron chi connectivity index (χ1n) is 9.17. The maximum absolute atomic E-state index is 11.8. The predicted molar refractivity (Wildman–Crippen MR) is 101 cm³/mol. The van der Waals surface area contributed by atoms with Gasteiger partial charge in [0.2, 0.25) is 5.91 Å². The number of ether oxygens (including phenoxy) is 1.